The van der Waals surface area contributed by atoms with E-state index in [1.807, 2.05) is 25.8 Å². The molecule has 13 heavy (non-hydrogen) atoms. The van der Waals surface area contributed by atoms with Gasteiger partial charge in [0.15, 0.2) is 0 Å². The van der Waals surface area contributed by atoms with Crippen molar-refractivity contribution in [3.8, 4) is 0 Å². The first-order chi connectivity index (χ1) is 6.34. The number of amides is 1. The monoisotopic (exact) mass is 186 g/mol. The highest BCUT2D eigenvalue weighted by atomic mass is 16.2. The highest BCUT2D eigenvalue weighted by Gasteiger charge is 2.16. The third-order valence-corrected chi connectivity index (χ3v) is 2.05. The molecule has 0 atom stereocenters. The van der Waals surface area contributed by atoms with Crippen LogP contribution in [0.3, 0.4) is 0 Å². The maximum atomic E-state index is 11.2. The Hall–Kier alpha value is -0.570. The summed E-state index contributed by atoms with van der Waals surface area (Å²) in [6.07, 6.45) is 3.01. The summed E-state index contributed by atoms with van der Waals surface area (Å²) in [5.41, 5.74) is 0. The Morgan fingerprint density at radius 1 is 1.38 bits per heavy atom. The molecule has 0 spiro atoms. The lowest BCUT2D eigenvalue weighted by molar-refractivity contribution is -0.133. The van der Waals surface area contributed by atoms with E-state index in [2.05, 4.69) is 5.32 Å². The number of nitrogens with zero attached hydrogens (tertiary/aromatic N) is 1. The third-order valence-electron chi connectivity index (χ3n) is 2.05. The van der Waals surface area contributed by atoms with Crippen LogP contribution in [0.2, 0.25) is 0 Å². The van der Waals surface area contributed by atoms with Crippen LogP contribution in [0, 0.1) is 0 Å². The fourth-order valence-electron chi connectivity index (χ4n) is 1.34. The molecule has 1 N–H and O–H groups in total. The van der Waals surface area contributed by atoms with E-state index in [4.69, 9.17) is 0 Å². The number of hydrogen-bond donors (Lipinski definition) is 1. The van der Waals surface area contributed by atoms with Crippen molar-refractivity contribution < 1.29 is 4.79 Å². The zero-order valence-corrected chi connectivity index (χ0v) is 9.10. The van der Waals surface area contributed by atoms with Gasteiger partial charge in [-0.1, -0.05) is 13.8 Å². The molecule has 0 aromatic rings. The van der Waals surface area contributed by atoms with Crippen LogP contribution in [0.5, 0.6) is 0 Å². The Kier molecular flexibility index (Phi) is 7.69. The van der Waals surface area contributed by atoms with Crippen molar-refractivity contribution in [3.05, 3.63) is 0 Å². The molecule has 0 radical (unpaired) electrons. The van der Waals surface area contributed by atoms with E-state index in [0.29, 0.717) is 5.91 Å². The van der Waals surface area contributed by atoms with E-state index < -0.39 is 0 Å². The SMILES string of the molecule is CC.CNCCN1CCCCC1=O. The molecule has 1 saturated heterocycles. The Labute approximate surface area is 81.5 Å². The molecular weight excluding hydrogens is 164 g/mol. The molecular formula is C10H22N2O. The highest BCUT2D eigenvalue weighted by molar-refractivity contribution is 5.76. The number of carbonyl (C=O) groups excluding carboxylic acids is 1. The summed E-state index contributed by atoms with van der Waals surface area (Å²) in [5.74, 6) is 0.325. The van der Waals surface area contributed by atoms with Crippen LogP contribution in [-0.4, -0.2) is 37.5 Å². The molecule has 1 aliphatic rings. The minimum absolute atomic E-state index is 0.325. The molecule has 0 aromatic heterocycles. The van der Waals surface area contributed by atoms with Crippen molar-refractivity contribution in [1.82, 2.24) is 10.2 Å². The summed E-state index contributed by atoms with van der Waals surface area (Å²) in [6, 6.07) is 0. The summed E-state index contributed by atoms with van der Waals surface area (Å²) in [6.45, 7) is 6.74. The lowest BCUT2D eigenvalue weighted by Gasteiger charge is -2.26. The van der Waals surface area contributed by atoms with Crippen LogP contribution < -0.4 is 5.32 Å². The number of hydrogen-bond acceptors (Lipinski definition) is 2. The van der Waals surface area contributed by atoms with Crippen molar-refractivity contribution in [2.24, 2.45) is 0 Å². The maximum absolute atomic E-state index is 11.2. The van der Waals surface area contributed by atoms with E-state index in [1.165, 1.54) is 6.42 Å². The van der Waals surface area contributed by atoms with Crippen LogP contribution in [0.4, 0.5) is 0 Å². The minimum Gasteiger partial charge on any atom is -0.341 e. The topological polar surface area (TPSA) is 32.3 Å². The normalized spacial score (nSPS) is 16.5. The molecule has 1 heterocycles. The van der Waals surface area contributed by atoms with Crippen molar-refractivity contribution in [3.63, 3.8) is 0 Å². The predicted octanol–water partition coefficient (Wildman–Crippen LogP) is 1.24. The number of likely N-dealkylation sites (N-methyl/N-ethyl adjacent to an activating group) is 1. The molecule has 1 rings (SSSR count). The van der Waals surface area contributed by atoms with Gasteiger partial charge in [-0.2, -0.15) is 0 Å². The maximum Gasteiger partial charge on any atom is 0.222 e. The van der Waals surface area contributed by atoms with Crippen LogP contribution in [0.1, 0.15) is 33.1 Å². The zero-order valence-electron chi connectivity index (χ0n) is 9.10. The quantitative estimate of drug-likeness (QED) is 0.719. The van der Waals surface area contributed by atoms with Crippen molar-refractivity contribution in [2.45, 2.75) is 33.1 Å². The Morgan fingerprint density at radius 2 is 2.08 bits per heavy atom. The molecule has 1 fully saturated rings. The Morgan fingerprint density at radius 3 is 2.62 bits per heavy atom. The van der Waals surface area contributed by atoms with Crippen LogP contribution in [-0.2, 0) is 4.79 Å². The van der Waals surface area contributed by atoms with Crippen LogP contribution in [0.25, 0.3) is 0 Å². The molecule has 1 amide bonds. The summed E-state index contributed by atoms with van der Waals surface area (Å²) < 4.78 is 0. The lowest BCUT2D eigenvalue weighted by atomic mass is 10.1. The van der Waals surface area contributed by atoms with E-state index >= 15 is 0 Å². The minimum atomic E-state index is 0.325. The summed E-state index contributed by atoms with van der Waals surface area (Å²) in [7, 11) is 1.91. The van der Waals surface area contributed by atoms with Crippen molar-refractivity contribution in [1.29, 1.82) is 0 Å². The van der Waals surface area contributed by atoms with Crippen molar-refractivity contribution >= 4 is 5.91 Å². The Bertz CT molecular complexity index is 137. The molecule has 78 valence electrons. The second-order valence-electron chi connectivity index (χ2n) is 2.94. The molecule has 3 nitrogen and oxygen atoms in total. The Balaban J connectivity index is 0.000000671. The van der Waals surface area contributed by atoms with Gasteiger partial charge in [-0.25, -0.2) is 0 Å². The van der Waals surface area contributed by atoms with Gasteiger partial charge in [-0.3, -0.25) is 4.79 Å². The summed E-state index contributed by atoms with van der Waals surface area (Å²) >= 11 is 0. The van der Waals surface area contributed by atoms with Gasteiger partial charge in [-0.15, -0.1) is 0 Å². The van der Waals surface area contributed by atoms with Gasteiger partial charge in [0.05, 0.1) is 0 Å². The number of rotatable bonds is 3. The van der Waals surface area contributed by atoms with Gasteiger partial charge >= 0.3 is 0 Å². The summed E-state index contributed by atoms with van der Waals surface area (Å²) in [4.78, 5) is 13.1. The number of piperidine rings is 1. The standard InChI is InChI=1S/C8H16N2O.C2H6/c1-9-5-7-10-6-3-2-4-8(10)11;1-2/h9H,2-7H2,1H3;1-2H3. The molecule has 0 bridgehead atoms. The number of likely N-dealkylation sites (tertiary alicyclic amines) is 1. The second kappa shape index (κ2) is 8.05. The van der Waals surface area contributed by atoms with E-state index in [9.17, 15) is 4.79 Å². The van der Waals surface area contributed by atoms with Gasteiger partial charge in [-0.05, 0) is 19.9 Å². The third kappa shape index (κ3) is 4.88. The number of nitrogens with one attached hydrogen (secondary N) is 1. The predicted molar refractivity (Wildman–Crippen MR) is 55.7 cm³/mol. The summed E-state index contributed by atoms with van der Waals surface area (Å²) in [5, 5.41) is 3.04. The fraction of sp³-hybridized carbons (Fsp3) is 0.900. The lowest BCUT2D eigenvalue weighted by Crippen LogP contribution is -2.39. The zero-order chi connectivity index (χ0) is 10.1. The largest absolute Gasteiger partial charge is 0.341 e. The van der Waals surface area contributed by atoms with E-state index in [0.717, 1.165) is 32.5 Å². The van der Waals surface area contributed by atoms with Gasteiger partial charge in [0.1, 0.15) is 0 Å². The van der Waals surface area contributed by atoms with Gasteiger partial charge in [0.2, 0.25) is 5.91 Å². The first-order valence-corrected chi connectivity index (χ1v) is 5.27. The van der Waals surface area contributed by atoms with E-state index in [1.54, 1.807) is 0 Å². The average Bonchev–Trinajstić information content (AvgIpc) is 2.20. The van der Waals surface area contributed by atoms with Crippen molar-refractivity contribution in [2.75, 3.05) is 26.7 Å². The average molecular weight is 186 g/mol. The number of carbonyl (C=O) groups is 1. The molecule has 0 unspecified atom stereocenters. The van der Waals surface area contributed by atoms with Gasteiger partial charge in [0, 0.05) is 26.1 Å². The molecule has 0 aromatic carbocycles. The molecule has 0 aliphatic carbocycles. The first kappa shape index (κ1) is 12.4. The van der Waals surface area contributed by atoms with E-state index in [-0.39, 0.29) is 0 Å². The second-order valence-corrected chi connectivity index (χ2v) is 2.94. The van der Waals surface area contributed by atoms with Gasteiger partial charge in [0.25, 0.3) is 0 Å². The molecule has 1 aliphatic heterocycles. The first-order valence-electron chi connectivity index (χ1n) is 5.27. The highest BCUT2D eigenvalue weighted by Crippen LogP contribution is 2.08. The fourth-order valence-corrected chi connectivity index (χ4v) is 1.34. The smallest absolute Gasteiger partial charge is 0.222 e. The van der Waals surface area contributed by atoms with Crippen LogP contribution in [0.15, 0.2) is 0 Å². The molecule has 0 saturated carbocycles. The molecule has 3 heteroatoms. The van der Waals surface area contributed by atoms with Gasteiger partial charge < -0.3 is 10.2 Å². The van der Waals surface area contributed by atoms with Crippen LogP contribution >= 0.6 is 0 Å².